The van der Waals surface area contributed by atoms with Gasteiger partial charge in [0.2, 0.25) is 0 Å². The standard InChI is InChI=1S/C16H27NO3/c1-6-20-11-13(3)17-12(2)9-14-7-8-15(18-4)16(10-14)19-5/h7-8,10,12-13,17H,6,9,11H2,1-5H3. The molecule has 0 aliphatic heterocycles. The monoisotopic (exact) mass is 281 g/mol. The summed E-state index contributed by atoms with van der Waals surface area (Å²) in [4.78, 5) is 0. The smallest absolute Gasteiger partial charge is 0.160 e. The van der Waals surface area contributed by atoms with E-state index in [0.717, 1.165) is 31.1 Å². The molecule has 0 amide bonds. The molecular formula is C16H27NO3. The number of hydrogen-bond acceptors (Lipinski definition) is 4. The summed E-state index contributed by atoms with van der Waals surface area (Å²) < 4.78 is 16.0. The largest absolute Gasteiger partial charge is 0.493 e. The molecule has 1 aromatic rings. The maximum atomic E-state index is 5.41. The van der Waals surface area contributed by atoms with Crippen molar-refractivity contribution in [3.05, 3.63) is 23.8 Å². The zero-order valence-corrected chi connectivity index (χ0v) is 13.2. The lowest BCUT2D eigenvalue weighted by molar-refractivity contribution is 0.124. The van der Waals surface area contributed by atoms with Crippen LogP contribution >= 0.6 is 0 Å². The Morgan fingerprint density at radius 3 is 2.35 bits per heavy atom. The number of benzene rings is 1. The Hall–Kier alpha value is -1.26. The van der Waals surface area contributed by atoms with E-state index in [4.69, 9.17) is 14.2 Å². The molecule has 4 nitrogen and oxygen atoms in total. The Balaban J connectivity index is 2.55. The first kappa shape index (κ1) is 16.8. The average Bonchev–Trinajstić information content (AvgIpc) is 2.44. The van der Waals surface area contributed by atoms with Crippen LogP contribution in [0.5, 0.6) is 11.5 Å². The van der Waals surface area contributed by atoms with E-state index in [1.54, 1.807) is 14.2 Å². The molecule has 2 atom stereocenters. The minimum atomic E-state index is 0.352. The van der Waals surface area contributed by atoms with Crippen molar-refractivity contribution in [1.29, 1.82) is 0 Å². The highest BCUT2D eigenvalue weighted by molar-refractivity contribution is 5.43. The molecule has 0 saturated heterocycles. The highest BCUT2D eigenvalue weighted by Gasteiger charge is 2.10. The van der Waals surface area contributed by atoms with Crippen LogP contribution in [-0.4, -0.2) is 39.5 Å². The molecule has 1 rings (SSSR count). The van der Waals surface area contributed by atoms with Crippen molar-refractivity contribution < 1.29 is 14.2 Å². The summed E-state index contributed by atoms with van der Waals surface area (Å²) in [6, 6.07) is 6.79. The molecule has 1 N–H and O–H groups in total. The van der Waals surface area contributed by atoms with Crippen molar-refractivity contribution in [2.75, 3.05) is 27.4 Å². The van der Waals surface area contributed by atoms with Gasteiger partial charge in [-0.25, -0.2) is 0 Å². The summed E-state index contributed by atoms with van der Waals surface area (Å²) in [5, 5.41) is 3.53. The van der Waals surface area contributed by atoms with Gasteiger partial charge in [0.05, 0.1) is 20.8 Å². The van der Waals surface area contributed by atoms with E-state index in [9.17, 15) is 0 Å². The van der Waals surface area contributed by atoms with E-state index in [1.165, 1.54) is 5.56 Å². The second-order valence-corrected chi connectivity index (χ2v) is 5.02. The third-order valence-corrected chi connectivity index (χ3v) is 3.13. The molecule has 1 aromatic carbocycles. The summed E-state index contributed by atoms with van der Waals surface area (Å²) >= 11 is 0. The van der Waals surface area contributed by atoms with Crippen molar-refractivity contribution >= 4 is 0 Å². The van der Waals surface area contributed by atoms with Gasteiger partial charge in [0, 0.05) is 18.7 Å². The van der Waals surface area contributed by atoms with Gasteiger partial charge in [-0.15, -0.1) is 0 Å². The highest BCUT2D eigenvalue weighted by Crippen LogP contribution is 2.27. The zero-order chi connectivity index (χ0) is 15.0. The fourth-order valence-electron chi connectivity index (χ4n) is 2.25. The molecule has 0 radical (unpaired) electrons. The van der Waals surface area contributed by atoms with E-state index >= 15 is 0 Å². The van der Waals surface area contributed by atoms with Gasteiger partial charge in [0.25, 0.3) is 0 Å². The Bertz CT molecular complexity index is 395. The molecule has 0 saturated carbocycles. The number of methoxy groups -OCH3 is 2. The second kappa shape index (κ2) is 8.82. The summed E-state index contributed by atoms with van der Waals surface area (Å²) in [7, 11) is 3.31. The molecule has 0 aliphatic carbocycles. The van der Waals surface area contributed by atoms with Gasteiger partial charge in [0.1, 0.15) is 0 Å². The summed E-state index contributed by atoms with van der Waals surface area (Å²) in [5.74, 6) is 1.54. The number of ether oxygens (including phenoxy) is 3. The Morgan fingerprint density at radius 2 is 1.75 bits per heavy atom. The van der Waals surface area contributed by atoms with E-state index in [2.05, 4.69) is 25.2 Å². The summed E-state index contributed by atoms with van der Waals surface area (Å²) in [6.45, 7) is 7.84. The Kier molecular flexibility index (Phi) is 7.41. The van der Waals surface area contributed by atoms with Crippen LogP contribution in [0.3, 0.4) is 0 Å². The van der Waals surface area contributed by atoms with Crippen LogP contribution in [-0.2, 0) is 11.2 Å². The molecule has 0 aromatic heterocycles. The highest BCUT2D eigenvalue weighted by atomic mass is 16.5. The van der Waals surface area contributed by atoms with Crippen LogP contribution in [0.2, 0.25) is 0 Å². The van der Waals surface area contributed by atoms with E-state index in [0.29, 0.717) is 12.1 Å². The van der Waals surface area contributed by atoms with Gasteiger partial charge >= 0.3 is 0 Å². The molecule has 20 heavy (non-hydrogen) atoms. The summed E-state index contributed by atoms with van der Waals surface area (Å²) in [5.41, 5.74) is 1.23. The normalized spacial score (nSPS) is 13.8. The third kappa shape index (κ3) is 5.39. The number of rotatable bonds is 9. The fraction of sp³-hybridized carbons (Fsp3) is 0.625. The van der Waals surface area contributed by atoms with Crippen molar-refractivity contribution in [3.63, 3.8) is 0 Å². The molecule has 0 spiro atoms. The quantitative estimate of drug-likeness (QED) is 0.755. The predicted molar refractivity (Wildman–Crippen MR) is 81.8 cm³/mol. The average molecular weight is 281 g/mol. The molecule has 114 valence electrons. The van der Waals surface area contributed by atoms with E-state index in [-0.39, 0.29) is 0 Å². The number of hydrogen-bond donors (Lipinski definition) is 1. The maximum absolute atomic E-state index is 5.41. The van der Waals surface area contributed by atoms with E-state index < -0.39 is 0 Å². The third-order valence-electron chi connectivity index (χ3n) is 3.13. The molecule has 4 heteroatoms. The molecular weight excluding hydrogens is 254 g/mol. The lowest BCUT2D eigenvalue weighted by atomic mass is 10.1. The molecule has 2 unspecified atom stereocenters. The van der Waals surface area contributed by atoms with Crippen LogP contribution in [0.15, 0.2) is 18.2 Å². The molecule has 0 bridgehead atoms. The minimum Gasteiger partial charge on any atom is -0.493 e. The minimum absolute atomic E-state index is 0.352. The maximum Gasteiger partial charge on any atom is 0.160 e. The van der Waals surface area contributed by atoms with Gasteiger partial charge in [-0.3, -0.25) is 0 Å². The topological polar surface area (TPSA) is 39.7 Å². The Labute approximate surface area is 122 Å². The molecule has 0 fully saturated rings. The van der Waals surface area contributed by atoms with Crippen LogP contribution in [0.4, 0.5) is 0 Å². The van der Waals surface area contributed by atoms with Crippen LogP contribution in [0, 0.1) is 0 Å². The molecule has 0 aliphatic rings. The van der Waals surface area contributed by atoms with Crippen molar-refractivity contribution in [1.82, 2.24) is 5.32 Å². The first-order valence-corrected chi connectivity index (χ1v) is 7.15. The first-order chi connectivity index (χ1) is 9.60. The molecule has 0 heterocycles. The second-order valence-electron chi connectivity index (χ2n) is 5.02. The lowest BCUT2D eigenvalue weighted by Gasteiger charge is -2.20. The van der Waals surface area contributed by atoms with Gasteiger partial charge in [-0.1, -0.05) is 6.07 Å². The van der Waals surface area contributed by atoms with Crippen LogP contribution in [0.25, 0.3) is 0 Å². The van der Waals surface area contributed by atoms with Gasteiger partial charge in [-0.05, 0) is 44.9 Å². The first-order valence-electron chi connectivity index (χ1n) is 7.15. The number of nitrogens with one attached hydrogen (secondary N) is 1. The predicted octanol–water partition coefficient (Wildman–Crippen LogP) is 2.65. The SMILES string of the molecule is CCOCC(C)NC(C)Cc1ccc(OC)c(OC)c1. The Morgan fingerprint density at radius 1 is 1.05 bits per heavy atom. The van der Waals surface area contributed by atoms with Crippen molar-refractivity contribution in [2.45, 2.75) is 39.3 Å². The lowest BCUT2D eigenvalue weighted by Crippen LogP contribution is -2.38. The van der Waals surface area contributed by atoms with Crippen molar-refractivity contribution in [2.24, 2.45) is 0 Å². The van der Waals surface area contributed by atoms with Crippen LogP contribution < -0.4 is 14.8 Å². The van der Waals surface area contributed by atoms with Gasteiger partial charge in [-0.2, -0.15) is 0 Å². The fourth-order valence-corrected chi connectivity index (χ4v) is 2.25. The van der Waals surface area contributed by atoms with Gasteiger partial charge in [0.15, 0.2) is 11.5 Å². The van der Waals surface area contributed by atoms with Crippen LogP contribution in [0.1, 0.15) is 26.3 Å². The van der Waals surface area contributed by atoms with E-state index in [1.807, 2.05) is 19.1 Å². The summed E-state index contributed by atoms with van der Waals surface area (Å²) in [6.07, 6.45) is 0.941. The van der Waals surface area contributed by atoms with Gasteiger partial charge < -0.3 is 19.5 Å². The zero-order valence-electron chi connectivity index (χ0n) is 13.2. The van der Waals surface area contributed by atoms with Crippen molar-refractivity contribution in [3.8, 4) is 11.5 Å².